The van der Waals surface area contributed by atoms with Gasteiger partial charge < -0.3 is 0 Å². The van der Waals surface area contributed by atoms with Gasteiger partial charge in [-0.05, 0) is 76.0 Å². The third-order valence-corrected chi connectivity index (χ3v) is 5.10. The first kappa shape index (κ1) is 30.5. The van der Waals surface area contributed by atoms with Gasteiger partial charge in [0.05, 0.1) is 0 Å². The fraction of sp³-hybridized carbons (Fsp3) is 0.615. The van der Waals surface area contributed by atoms with E-state index in [2.05, 4.69) is 65.2 Å². The molecule has 0 unspecified atom stereocenters. The summed E-state index contributed by atoms with van der Waals surface area (Å²) < 4.78 is 0. The SMILES string of the molecule is CCCCCCCC[C]1[CH][CH][CH][CH]1.CCCCCCCC[C]1[CH][CH][CH][CH]1.[Cl][Zr+2][Cl]. The number of hydrogen-bond donors (Lipinski definition) is 0. The van der Waals surface area contributed by atoms with Crippen molar-refractivity contribution in [3.8, 4) is 0 Å². The Morgan fingerprint density at radius 3 is 1.10 bits per heavy atom. The van der Waals surface area contributed by atoms with E-state index in [1.54, 1.807) is 0 Å². The molecule has 0 spiro atoms. The quantitative estimate of drug-likeness (QED) is 0.202. The molecule has 0 aromatic heterocycles. The van der Waals surface area contributed by atoms with Gasteiger partial charge in [0.15, 0.2) is 0 Å². The molecule has 0 saturated heterocycles. The Balaban J connectivity index is 0.000000477. The Morgan fingerprint density at radius 1 is 0.517 bits per heavy atom. The number of unbranched alkanes of at least 4 members (excludes halogenated alkanes) is 10. The van der Waals surface area contributed by atoms with Gasteiger partial charge in [0.25, 0.3) is 0 Å². The van der Waals surface area contributed by atoms with Gasteiger partial charge in [-0.2, -0.15) is 0 Å². The van der Waals surface area contributed by atoms with Crippen LogP contribution in [0, 0.1) is 63.2 Å². The van der Waals surface area contributed by atoms with Crippen LogP contribution in [0.25, 0.3) is 0 Å². The second-order valence-electron chi connectivity index (χ2n) is 7.69. The molecular weight excluding hydrogens is 474 g/mol. The molecule has 3 heteroatoms. The standard InChI is InChI=1S/2C13H21.2ClH.Zr/c2*1-2-3-4-5-6-7-10-13-11-8-9-12-13;;;/h2*8-9,11-12H,2-7,10H2,1H3;2*1H;/q;;;;+4/p-2. The van der Waals surface area contributed by atoms with E-state index >= 15 is 0 Å². The molecule has 2 aliphatic rings. The molecule has 0 aromatic carbocycles. The molecule has 0 bridgehead atoms. The molecule has 2 saturated carbocycles. The van der Waals surface area contributed by atoms with E-state index in [1.807, 2.05) is 0 Å². The summed E-state index contributed by atoms with van der Waals surface area (Å²) in [5, 5.41) is 0. The van der Waals surface area contributed by atoms with E-state index in [9.17, 15) is 0 Å². The molecule has 10 radical (unpaired) electrons. The van der Waals surface area contributed by atoms with Crippen LogP contribution in [0.5, 0.6) is 0 Å². The van der Waals surface area contributed by atoms with Crippen LogP contribution >= 0.6 is 17.0 Å². The molecule has 0 atom stereocenters. The van der Waals surface area contributed by atoms with E-state index in [1.165, 1.54) is 102 Å². The van der Waals surface area contributed by atoms with Crippen molar-refractivity contribution in [1.82, 2.24) is 0 Å². The van der Waals surface area contributed by atoms with Crippen molar-refractivity contribution in [1.29, 1.82) is 0 Å². The van der Waals surface area contributed by atoms with Gasteiger partial charge in [0, 0.05) is 0 Å². The fourth-order valence-corrected chi connectivity index (χ4v) is 3.38. The summed E-state index contributed by atoms with van der Waals surface area (Å²) in [5.74, 6) is 3.02. The molecule has 2 fully saturated rings. The molecule has 0 heterocycles. The van der Waals surface area contributed by atoms with Gasteiger partial charge in [-0.1, -0.05) is 90.9 Å². The summed E-state index contributed by atoms with van der Waals surface area (Å²) in [4.78, 5) is 0. The van der Waals surface area contributed by atoms with Crippen molar-refractivity contribution in [3.05, 3.63) is 63.2 Å². The predicted octanol–water partition coefficient (Wildman–Crippen LogP) is 9.66. The Morgan fingerprint density at radius 2 is 0.793 bits per heavy atom. The summed E-state index contributed by atoms with van der Waals surface area (Å²) in [6.07, 6.45) is 36.8. The zero-order valence-corrected chi connectivity index (χ0v) is 22.7. The predicted molar refractivity (Wildman–Crippen MR) is 129 cm³/mol. The topological polar surface area (TPSA) is 0 Å². The summed E-state index contributed by atoms with van der Waals surface area (Å²) >= 11 is -0.826. The molecule has 29 heavy (non-hydrogen) atoms. The average molecular weight is 517 g/mol. The van der Waals surface area contributed by atoms with Gasteiger partial charge in [-0.3, -0.25) is 0 Å². The van der Waals surface area contributed by atoms with E-state index in [-0.39, 0.29) is 0 Å². The summed E-state index contributed by atoms with van der Waals surface area (Å²) in [6.45, 7) is 4.54. The first-order chi connectivity index (χ1) is 14.3. The van der Waals surface area contributed by atoms with Crippen LogP contribution in [0.15, 0.2) is 0 Å². The second-order valence-corrected chi connectivity index (χ2v) is 11.4. The van der Waals surface area contributed by atoms with Crippen molar-refractivity contribution < 1.29 is 20.8 Å². The van der Waals surface area contributed by atoms with Crippen molar-refractivity contribution in [2.45, 2.75) is 104 Å². The van der Waals surface area contributed by atoms with Crippen molar-refractivity contribution in [3.63, 3.8) is 0 Å². The summed E-state index contributed by atoms with van der Waals surface area (Å²) in [6, 6.07) is 0. The Kier molecular flexibility index (Phi) is 27.0. The van der Waals surface area contributed by atoms with E-state index in [4.69, 9.17) is 17.0 Å². The third-order valence-electron chi connectivity index (χ3n) is 5.10. The van der Waals surface area contributed by atoms with Crippen molar-refractivity contribution >= 4 is 17.0 Å². The van der Waals surface area contributed by atoms with E-state index in [0.29, 0.717) is 0 Å². The zero-order chi connectivity index (χ0) is 21.4. The van der Waals surface area contributed by atoms with Gasteiger partial charge in [-0.15, -0.1) is 0 Å². The number of hydrogen-bond acceptors (Lipinski definition) is 0. The summed E-state index contributed by atoms with van der Waals surface area (Å²) in [5.41, 5.74) is 0. The van der Waals surface area contributed by atoms with E-state index in [0.717, 1.165) is 0 Å². The normalized spacial score (nSPS) is 16.7. The first-order valence-electron chi connectivity index (χ1n) is 11.7. The molecule has 2 aliphatic carbocycles. The molecule has 0 aliphatic heterocycles. The fourth-order valence-electron chi connectivity index (χ4n) is 3.38. The zero-order valence-electron chi connectivity index (χ0n) is 18.8. The first-order valence-corrected chi connectivity index (χ1v) is 18.0. The van der Waals surface area contributed by atoms with Crippen LogP contribution in [0.2, 0.25) is 0 Å². The Bertz CT molecular complexity index is 258. The number of rotatable bonds is 14. The molecule has 0 amide bonds. The maximum atomic E-state index is 4.93. The molecule has 0 nitrogen and oxygen atoms in total. The van der Waals surface area contributed by atoms with E-state index < -0.39 is 20.8 Å². The van der Waals surface area contributed by atoms with Gasteiger partial charge >= 0.3 is 37.9 Å². The maximum absolute atomic E-state index is 4.93. The molecule has 162 valence electrons. The van der Waals surface area contributed by atoms with Crippen LogP contribution in [0.1, 0.15) is 104 Å². The van der Waals surface area contributed by atoms with Crippen molar-refractivity contribution in [2.24, 2.45) is 0 Å². The Hall–Kier alpha value is 1.46. The van der Waals surface area contributed by atoms with Crippen LogP contribution < -0.4 is 0 Å². The van der Waals surface area contributed by atoms with Crippen molar-refractivity contribution in [2.75, 3.05) is 0 Å². The minimum atomic E-state index is -0.826. The molecule has 2 rings (SSSR count). The average Bonchev–Trinajstić information content (AvgIpc) is 3.43. The van der Waals surface area contributed by atoms with Crippen LogP contribution in [-0.2, 0) is 20.8 Å². The number of halogens is 2. The summed E-state index contributed by atoms with van der Waals surface area (Å²) in [7, 11) is 9.87. The molecule has 0 aromatic rings. The van der Waals surface area contributed by atoms with Crippen LogP contribution in [0.4, 0.5) is 0 Å². The third kappa shape index (κ3) is 22.4. The van der Waals surface area contributed by atoms with Gasteiger partial charge in [0.2, 0.25) is 0 Å². The molecule has 0 N–H and O–H groups in total. The van der Waals surface area contributed by atoms with Gasteiger partial charge in [-0.25, -0.2) is 0 Å². The second kappa shape index (κ2) is 25.7. The monoisotopic (exact) mass is 514 g/mol. The minimum absolute atomic E-state index is 0.826. The van der Waals surface area contributed by atoms with Crippen LogP contribution in [-0.4, -0.2) is 0 Å². The molecular formula is C26H42Cl2Zr+2. The van der Waals surface area contributed by atoms with Gasteiger partial charge in [0.1, 0.15) is 0 Å². The Labute approximate surface area is 203 Å². The van der Waals surface area contributed by atoms with Crippen LogP contribution in [0.3, 0.4) is 0 Å².